The summed E-state index contributed by atoms with van der Waals surface area (Å²) in [5, 5.41) is 8.72. The molecule has 114 valence electrons. The first-order valence-corrected chi connectivity index (χ1v) is 7.53. The number of fused-ring (bicyclic) bond motifs is 1. The number of nitrogens with one attached hydrogen (secondary N) is 1. The van der Waals surface area contributed by atoms with Crippen LogP contribution in [0.15, 0.2) is 24.8 Å². The smallest absolute Gasteiger partial charge is 0.132 e. The van der Waals surface area contributed by atoms with Gasteiger partial charge in [-0.25, -0.2) is 9.97 Å². The fraction of sp³-hybridized carbons (Fsp3) is 0.467. The summed E-state index contributed by atoms with van der Waals surface area (Å²) in [6, 6.07) is 0. The molecule has 3 heterocycles. The minimum Gasteiger partial charge on any atom is -0.275 e. The van der Waals surface area contributed by atoms with Crippen LogP contribution in [0.2, 0.25) is 0 Å². The second kappa shape index (κ2) is 4.53. The number of anilines is 1. The minimum atomic E-state index is -0.0472. The Kier molecular flexibility index (Phi) is 2.72. The summed E-state index contributed by atoms with van der Waals surface area (Å²) in [5.74, 6) is 1.48. The number of aromatic nitrogens is 6. The van der Waals surface area contributed by atoms with Gasteiger partial charge in [0.15, 0.2) is 0 Å². The highest BCUT2D eigenvalue weighted by Gasteiger charge is 2.26. The quantitative estimate of drug-likeness (QED) is 0.804. The highest BCUT2D eigenvalue weighted by atomic mass is 15.6. The van der Waals surface area contributed by atoms with E-state index < -0.39 is 0 Å². The molecule has 0 bridgehead atoms. The summed E-state index contributed by atoms with van der Waals surface area (Å²) >= 11 is 0. The van der Waals surface area contributed by atoms with Crippen molar-refractivity contribution in [2.45, 2.75) is 45.1 Å². The molecule has 0 amide bonds. The zero-order valence-corrected chi connectivity index (χ0v) is 13.0. The van der Waals surface area contributed by atoms with Crippen molar-refractivity contribution < 1.29 is 0 Å². The average molecular weight is 297 g/mol. The first-order valence-electron chi connectivity index (χ1n) is 7.53. The maximum Gasteiger partial charge on any atom is 0.132 e. The van der Waals surface area contributed by atoms with E-state index in [2.05, 4.69) is 46.4 Å². The molecule has 0 radical (unpaired) electrons. The summed E-state index contributed by atoms with van der Waals surface area (Å²) in [5.41, 5.74) is 5.80. The zero-order valence-electron chi connectivity index (χ0n) is 13.0. The molecule has 7 nitrogen and oxygen atoms in total. The van der Waals surface area contributed by atoms with Crippen molar-refractivity contribution in [3.8, 4) is 0 Å². The topological polar surface area (TPSA) is 73.5 Å². The van der Waals surface area contributed by atoms with E-state index in [0.29, 0.717) is 5.92 Å². The van der Waals surface area contributed by atoms with E-state index in [1.54, 1.807) is 17.2 Å². The standard InChI is InChI=1S/C15H19N7/c1-15(2,3)21-9-11(6-17-21)20-22-13-8-16-14(10-4-5-10)19-12(13)7-18-22/h6-10,20H,4-5H2,1-3H3. The highest BCUT2D eigenvalue weighted by molar-refractivity contribution is 5.73. The van der Waals surface area contributed by atoms with Crippen LogP contribution in [0.1, 0.15) is 45.4 Å². The SMILES string of the molecule is CC(C)(C)n1cc(Nn2ncc3nc(C4CC4)ncc32)cn1. The van der Waals surface area contributed by atoms with E-state index in [4.69, 9.17) is 0 Å². The average Bonchev–Trinajstić information content (AvgIpc) is 3.08. The second-order valence-corrected chi connectivity index (χ2v) is 6.79. The number of hydrogen-bond acceptors (Lipinski definition) is 5. The van der Waals surface area contributed by atoms with Crippen LogP contribution in [0.25, 0.3) is 11.0 Å². The van der Waals surface area contributed by atoms with Crippen molar-refractivity contribution in [1.82, 2.24) is 29.6 Å². The molecule has 3 aromatic rings. The lowest BCUT2D eigenvalue weighted by molar-refractivity contribution is 0.355. The molecule has 0 atom stereocenters. The molecule has 1 aliphatic rings. The third kappa shape index (κ3) is 2.32. The molecule has 7 heteroatoms. The fourth-order valence-corrected chi connectivity index (χ4v) is 2.33. The molecule has 0 saturated heterocycles. The van der Waals surface area contributed by atoms with Crippen LogP contribution in [0.3, 0.4) is 0 Å². The molecule has 3 aromatic heterocycles. The molecule has 4 rings (SSSR count). The Hall–Kier alpha value is -2.44. The van der Waals surface area contributed by atoms with Gasteiger partial charge in [0.25, 0.3) is 0 Å². The highest BCUT2D eigenvalue weighted by Crippen LogP contribution is 2.38. The molecule has 1 N–H and O–H groups in total. The summed E-state index contributed by atoms with van der Waals surface area (Å²) in [6.45, 7) is 6.33. The predicted octanol–water partition coefficient (Wildman–Crippen LogP) is 2.53. The van der Waals surface area contributed by atoms with Gasteiger partial charge in [-0.3, -0.25) is 10.1 Å². The van der Waals surface area contributed by atoms with Crippen molar-refractivity contribution in [3.05, 3.63) is 30.6 Å². The van der Waals surface area contributed by atoms with E-state index in [1.807, 2.05) is 17.1 Å². The Morgan fingerprint density at radius 1 is 1.14 bits per heavy atom. The molecule has 22 heavy (non-hydrogen) atoms. The van der Waals surface area contributed by atoms with Crippen molar-refractivity contribution in [2.75, 3.05) is 5.43 Å². The number of nitrogens with zero attached hydrogens (tertiary/aromatic N) is 6. The lowest BCUT2D eigenvalue weighted by Gasteiger charge is -2.18. The van der Waals surface area contributed by atoms with E-state index in [0.717, 1.165) is 22.5 Å². The van der Waals surface area contributed by atoms with Gasteiger partial charge in [0.1, 0.15) is 16.9 Å². The van der Waals surface area contributed by atoms with Gasteiger partial charge in [-0.05, 0) is 33.6 Å². The van der Waals surface area contributed by atoms with Crippen LogP contribution >= 0.6 is 0 Å². The molecule has 0 unspecified atom stereocenters. The van der Waals surface area contributed by atoms with E-state index in [1.165, 1.54) is 12.8 Å². The van der Waals surface area contributed by atoms with Gasteiger partial charge in [0.05, 0.1) is 36.0 Å². The lowest BCUT2D eigenvalue weighted by atomic mass is 10.1. The van der Waals surface area contributed by atoms with Crippen LogP contribution in [0.5, 0.6) is 0 Å². The summed E-state index contributed by atoms with van der Waals surface area (Å²) in [7, 11) is 0. The first-order chi connectivity index (χ1) is 10.5. The molecule has 0 aliphatic heterocycles. The van der Waals surface area contributed by atoms with Crippen LogP contribution in [-0.2, 0) is 5.54 Å². The first kappa shape index (κ1) is 13.2. The Morgan fingerprint density at radius 3 is 2.64 bits per heavy atom. The third-order valence-electron chi connectivity index (χ3n) is 3.79. The van der Waals surface area contributed by atoms with Crippen LogP contribution in [-0.4, -0.2) is 29.6 Å². The predicted molar refractivity (Wildman–Crippen MR) is 83.5 cm³/mol. The lowest BCUT2D eigenvalue weighted by Crippen LogP contribution is -2.22. The molecule has 1 aliphatic carbocycles. The van der Waals surface area contributed by atoms with Gasteiger partial charge >= 0.3 is 0 Å². The summed E-state index contributed by atoms with van der Waals surface area (Å²) in [6.07, 6.45) is 9.76. The van der Waals surface area contributed by atoms with Crippen molar-refractivity contribution >= 4 is 16.7 Å². The van der Waals surface area contributed by atoms with Gasteiger partial charge in [-0.1, -0.05) is 0 Å². The normalized spacial score (nSPS) is 15.4. The minimum absolute atomic E-state index is 0.0472. The van der Waals surface area contributed by atoms with Crippen LogP contribution in [0.4, 0.5) is 5.69 Å². The van der Waals surface area contributed by atoms with Gasteiger partial charge in [-0.2, -0.15) is 15.0 Å². The van der Waals surface area contributed by atoms with Crippen molar-refractivity contribution in [2.24, 2.45) is 0 Å². The Bertz CT molecular complexity index is 820. The van der Waals surface area contributed by atoms with Gasteiger partial charge in [-0.15, -0.1) is 0 Å². The molecular formula is C15H19N7. The molecular weight excluding hydrogens is 278 g/mol. The Morgan fingerprint density at radius 2 is 1.95 bits per heavy atom. The van der Waals surface area contributed by atoms with Gasteiger partial charge in [0.2, 0.25) is 0 Å². The van der Waals surface area contributed by atoms with Crippen LogP contribution < -0.4 is 5.43 Å². The number of hydrogen-bond donors (Lipinski definition) is 1. The fourth-order valence-electron chi connectivity index (χ4n) is 2.33. The Balaban J connectivity index is 1.62. The maximum atomic E-state index is 4.59. The van der Waals surface area contributed by atoms with E-state index in [-0.39, 0.29) is 5.54 Å². The number of rotatable bonds is 3. The summed E-state index contributed by atoms with van der Waals surface area (Å²) in [4.78, 5) is 10.7. The van der Waals surface area contributed by atoms with Crippen LogP contribution in [0, 0.1) is 0 Å². The third-order valence-corrected chi connectivity index (χ3v) is 3.79. The zero-order chi connectivity index (χ0) is 15.3. The molecule has 0 spiro atoms. The largest absolute Gasteiger partial charge is 0.275 e. The second-order valence-electron chi connectivity index (χ2n) is 6.79. The van der Waals surface area contributed by atoms with Gasteiger partial charge in [0, 0.05) is 5.92 Å². The summed E-state index contributed by atoms with van der Waals surface area (Å²) < 4.78 is 1.92. The maximum absolute atomic E-state index is 4.59. The van der Waals surface area contributed by atoms with E-state index >= 15 is 0 Å². The Labute approximate surface area is 128 Å². The molecule has 1 fully saturated rings. The molecule has 1 saturated carbocycles. The molecule has 0 aromatic carbocycles. The van der Waals surface area contributed by atoms with Crippen molar-refractivity contribution in [1.29, 1.82) is 0 Å². The van der Waals surface area contributed by atoms with Gasteiger partial charge < -0.3 is 0 Å². The van der Waals surface area contributed by atoms with Crippen molar-refractivity contribution in [3.63, 3.8) is 0 Å². The monoisotopic (exact) mass is 297 g/mol. The van der Waals surface area contributed by atoms with E-state index in [9.17, 15) is 0 Å².